The van der Waals surface area contributed by atoms with E-state index in [4.69, 9.17) is 0 Å². The molecule has 94 valence electrons. The van der Waals surface area contributed by atoms with Gasteiger partial charge in [-0.25, -0.2) is 13.1 Å². The van der Waals surface area contributed by atoms with Gasteiger partial charge in [0.25, 0.3) is 0 Å². The van der Waals surface area contributed by atoms with Gasteiger partial charge in [-0.3, -0.25) is 0 Å². The van der Waals surface area contributed by atoms with E-state index in [2.05, 4.69) is 20.7 Å². The molecule has 2 N–H and O–H groups in total. The molecule has 0 amide bonds. The number of nitrogens with one attached hydrogen (secondary N) is 1. The van der Waals surface area contributed by atoms with Crippen LogP contribution in [0.2, 0.25) is 0 Å². The van der Waals surface area contributed by atoms with E-state index < -0.39 is 15.6 Å². The average molecular weight is 320 g/mol. The standard InChI is InChI=1S/C11H14BrNO3S/c12-9-2-4-10(5-3-9)17(15,16)13-8-11(14)6-1-7-11/h2-5,13-14H,1,6-8H2. The van der Waals surface area contributed by atoms with Gasteiger partial charge in [-0.05, 0) is 43.5 Å². The fourth-order valence-corrected chi connectivity index (χ4v) is 3.07. The van der Waals surface area contributed by atoms with Crippen molar-refractivity contribution in [1.82, 2.24) is 4.72 Å². The molecule has 0 aliphatic heterocycles. The van der Waals surface area contributed by atoms with Gasteiger partial charge in [-0.15, -0.1) is 0 Å². The molecule has 0 atom stereocenters. The van der Waals surface area contributed by atoms with Crippen molar-refractivity contribution < 1.29 is 13.5 Å². The van der Waals surface area contributed by atoms with Gasteiger partial charge in [-0.2, -0.15) is 0 Å². The summed E-state index contributed by atoms with van der Waals surface area (Å²) >= 11 is 3.25. The molecule has 1 aliphatic rings. The molecule has 0 heterocycles. The molecule has 1 aromatic carbocycles. The third kappa shape index (κ3) is 3.07. The summed E-state index contributed by atoms with van der Waals surface area (Å²) in [6.07, 6.45) is 2.28. The minimum atomic E-state index is -3.52. The van der Waals surface area contributed by atoms with Crippen LogP contribution in [0, 0.1) is 0 Å². The Kier molecular flexibility index (Phi) is 3.58. The van der Waals surface area contributed by atoms with Crippen molar-refractivity contribution in [3.63, 3.8) is 0 Å². The first-order valence-electron chi connectivity index (χ1n) is 5.39. The summed E-state index contributed by atoms with van der Waals surface area (Å²) in [5.74, 6) is 0. The zero-order chi connectivity index (χ0) is 12.5. The number of rotatable bonds is 4. The highest BCUT2D eigenvalue weighted by Crippen LogP contribution is 2.31. The first-order valence-corrected chi connectivity index (χ1v) is 7.67. The lowest BCUT2D eigenvalue weighted by atomic mass is 9.81. The zero-order valence-electron chi connectivity index (χ0n) is 9.19. The second kappa shape index (κ2) is 4.68. The summed E-state index contributed by atoms with van der Waals surface area (Å²) in [5, 5.41) is 9.83. The lowest BCUT2D eigenvalue weighted by Gasteiger charge is -2.36. The summed E-state index contributed by atoms with van der Waals surface area (Å²) in [6.45, 7) is 0.0887. The maximum absolute atomic E-state index is 11.9. The Balaban J connectivity index is 2.06. The fraction of sp³-hybridized carbons (Fsp3) is 0.455. The van der Waals surface area contributed by atoms with Gasteiger partial charge in [0.15, 0.2) is 0 Å². The summed E-state index contributed by atoms with van der Waals surface area (Å²) < 4.78 is 27.1. The molecule has 0 unspecified atom stereocenters. The van der Waals surface area contributed by atoms with Crippen molar-refractivity contribution >= 4 is 26.0 Å². The molecular formula is C11H14BrNO3S. The van der Waals surface area contributed by atoms with Gasteiger partial charge in [0, 0.05) is 11.0 Å². The third-order valence-electron chi connectivity index (χ3n) is 3.00. The molecule has 1 saturated carbocycles. The Morgan fingerprint density at radius 3 is 2.35 bits per heavy atom. The van der Waals surface area contributed by atoms with Crippen molar-refractivity contribution in [2.75, 3.05) is 6.54 Å². The summed E-state index contributed by atoms with van der Waals surface area (Å²) in [5.41, 5.74) is -0.845. The molecule has 0 radical (unpaired) electrons. The first-order chi connectivity index (χ1) is 7.91. The van der Waals surface area contributed by atoms with Gasteiger partial charge >= 0.3 is 0 Å². The van der Waals surface area contributed by atoms with E-state index in [0.717, 1.165) is 10.9 Å². The zero-order valence-corrected chi connectivity index (χ0v) is 11.6. The molecule has 17 heavy (non-hydrogen) atoms. The molecule has 0 bridgehead atoms. The van der Waals surface area contributed by atoms with E-state index in [1.54, 1.807) is 12.1 Å². The predicted octanol–water partition coefficient (Wildman–Crippen LogP) is 1.64. The van der Waals surface area contributed by atoms with Crippen molar-refractivity contribution in [2.24, 2.45) is 0 Å². The van der Waals surface area contributed by atoms with Crippen LogP contribution in [0.25, 0.3) is 0 Å². The predicted molar refractivity (Wildman–Crippen MR) is 68.1 cm³/mol. The molecule has 6 heteroatoms. The molecule has 2 rings (SSSR count). The highest BCUT2D eigenvalue weighted by Gasteiger charge is 2.35. The van der Waals surface area contributed by atoms with E-state index in [-0.39, 0.29) is 11.4 Å². The number of hydrogen-bond acceptors (Lipinski definition) is 3. The quantitative estimate of drug-likeness (QED) is 0.886. The highest BCUT2D eigenvalue weighted by molar-refractivity contribution is 9.10. The van der Waals surface area contributed by atoms with Crippen LogP contribution in [-0.2, 0) is 10.0 Å². The fourth-order valence-electron chi connectivity index (χ4n) is 1.69. The molecule has 0 spiro atoms. The van der Waals surface area contributed by atoms with Crippen LogP contribution >= 0.6 is 15.9 Å². The minimum Gasteiger partial charge on any atom is -0.389 e. The van der Waals surface area contributed by atoms with Crippen molar-refractivity contribution in [3.8, 4) is 0 Å². The maximum atomic E-state index is 11.9. The van der Waals surface area contributed by atoms with Crippen LogP contribution in [0.15, 0.2) is 33.6 Å². The number of halogens is 1. The van der Waals surface area contributed by atoms with Gasteiger partial charge in [0.2, 0.25) is 10.0 Å². The molecule has 1 fully saturated rings. The van der Waals surface area contributed by atoms with E-state index in [9.17, 15) is 13.5 Å². The monoisotopic (exact) mass is 319 g/mol. The first kappa shape index (κ1) is 13.0. The molecule has 0 saturated heterocycles. The van der Waals surface area contributed by atoms with Crippen LogP contribution in [0.3, 0.4) is 0 Å². The molecule has 1 aromatic rings. The van der Waals surface area contributed by atoms with Gasteiger partial charge in [0.1, 0.15) is 0 Å². The van der Waals surface area contributed by atoms with E-state index in [1.165, 1.54) is 12.1 Å². The van der Waals surface area contributed by atoms with Gasteiger partial charge in [0.05, 0.1) is 10.5 Å². The second-order valence-electron chi connectivity index (χ2n) is 4.36. The molecule has 0 aromatic heterocycles. The van der Waals surface area contributed by atoms with Crippen molar-refractivity contribution in [1.29, 1.82) is 0 Å². The molecule has 4 nitrogen and oxygen atoms in total. The van der Waals surface area contributed by atoms with E-state index in [0.29, 0.717) is 12.8 Å². The van der Waals surface area contributed by atoms with Crippen LogP contribution in [-0.4, -0.2) is 25.7 Å². The largest absolute Gasteiger partial charge is 0.389 e. The summed E-state index contributed by atoms with van der Waals surface area (Å²) in [6, 6.07) is 6.40. The van der Waals surface area contributed by atoms with Crippen LogP contribution in [0.1, 0.15) is 19.3 Å². The Morgan fingerprint density at radius 2 is 1.88 bits per heavy atom. The van der Waals surface area contributed by atoms with Crippen LogP contribution < -0.4 is 4.72 Å². The number of aliphatic hydroxyl groups is 1. The van der Waals surface area contributed by atoms with Gasteiger partial charge < -0.3 is 5.11 Å². The Morgan fingerprint density at radius 1 is 1.29 bits per heavy atom. The van der Waals surface area contributed by atoms with Crippen molar-refractivity contribution in [2.45, 2.75) is 29.8 Å². The smallest absolute Gasteiger partial charge is 0.240 e. The number of sulfonamides is 1. The molecule has 1 aliphatic carbocycles. The number of hydrogen-bond donors (Lipinski definition) is 2. The number of benzene rings is 1. The Labute approximate surface area is 109 Å². The van der Waals surface area contributed by atoms with Crippen LogP contribution in [0.4, 0.5) is 0 Å². The van der Waals surface area contributed by atoms with Crippen molar-refractivity contribution in [3.05, 3.63) is 28.7 Å². The lowest BCUT2D eigenvalue weighted by Crippen LogP contribution is -2.47. The van der Waals surface area contributed by atoms with E-state index in [1.807, 2.05) is 0 Å². The Hall–Kier alpha value is -0.430. The average Bonchev–Trinajstić information content (AvgIpc) is 2.24. The summed E-state index contributed by atoms with van der Waals surface area (Å²) in [7, 11) is -3.52. The molecular weight excluding hydrogens is 306 g/mol. The minimum absolute atomic E-state index is 0.0887. The summed E-state index contributed by atoms with van der Waals surface area (Å²) in [4.78, 5) is 0.212. The second-order valence-corrected chi connectivity index (χ2v) is 7.04. The lowest BCUT2D eigenvalue weighted by molar-refractivity contribution is -0.0270. The van der Waals surface area contributed by atoms with E-state index >= 15 is 0 Å². The van der Waals surface area contributed by atoms with Crippen LogP contribution in [0.5, 0.6) is 0 Å². The normalized spacial score (nSPS) is 18.7. The van der Waals surface area contributed by atoms with Gasteiger partial charge in [-0.1, -0.05) is 15.9 Å². The Bertz CT molecular complexity index is 494. The topological polar surface area (TPSA) is 66.4 Å². The highest BCUT2D eigenvalue weighted by atomic mass is 79.9. The maximum Gasteiger partial charge on any atom is 0.240 e. The SMILES string of the molecule is O=S(=O)(NCC1(O)CCC1)c1ccc(Br)cc1. The third-order valence-corrected chi connectivity index (χ3v) is 4.95.